The van der Waals surface area contributed by atoms with Gasteiger partial charge in [0.1, 0.15) is 0 Å². The molecular weight excluding hydrogens is 170 g/mol. The second-order valence-electron chi connectivity index (χ2n) is 1.61. The molecule has 0 amide bonds. The average Bonchev–Trinajstić information content (AvgIpc) is 2.67. The molecule has 10 heavy (non-hydrogen) atoms. The molecule has 0 spiro atoms. The minimum absolute atomic E-state index is 1.17. The molecule has 7 heteroatoms. The zero-order chi connectivity index (χ0) is 7.07. The summed E-state index contributed by atoms with van der Waals surface area (Å²) in [5, 5.41) is 8.33. The van der Waals surface area contributed by atoms with Gasteiger partial charge in [0, 0.05) is 18.2 Å². The fraction of sp³-hybridized carbons (Fsp3) is 1.00. The summed E-state index contributed by atoms with van der Waals surface area (Å²) in [6.07, 6.45) is 0. The third kappa shape index (κ3) is 3.70. The highest BCUT2D eigenvalue weighted by molar-refractivity contribution is 7.99. The molecule has 2 rings (SSSR count). The predicted molar refractivity (Wildman–Crippen MR) is 44.7 cm³/mol. The summed E-state index contributed by atoms with van der Waals surface area (Å²) < 4.78 is 5.33. The van der Waals surface area contributed by atoms with E-state index >= 15 is 0 Å². The number of H-pyrrole nitrogens is 4. The summed E-state index contributed by atoms with van der Waals surface area (Å²) >= 11 is 3.31. The van der Waals surface area contributed by atoms with Gasteiger partial charge in [-0.3, -0.25) is 0 Å². The van der Waals surface area contributed by atoms with Crippen LogP contribution >= 0.6 is 23.5 Å². The molecule has 5 N–H and O–H groups in total. The van der Waals surface area contributed by atoms with Crippen LogP contribution < -0.4 is 5.32 Å². The van der Waals surface area contributed by atoms with Crippen molar-refractivity contribution in [2.45, 2.75) is 0 Å². The molecule has 1 saturated heterocycles. The van der Waals surface area contributed by atoms with Crippen molar-refractivity contribution in [2.24, 2.45) is 0 Å². The van der Waals surface area contributed by atoms with Crippen LogP contribution in [0.4, 0.5) is 0 Å². The maximum atomic E-state index is 3.19. The molecule has 0 atom stereocenters. The first-order valence-corrected chi connectivity index (χ1v) is 4.91. The van der Waals surface area contributed by atoms with Crippen molar-refractivity contribution in [2.75, 3.05) is 18.2 Å². The van der Waals surface area contributed by atoms with E-state index in [1.165, 1.54) is 29.9 Å². The molecule has 0 bridgehead atoms. The van der Waals surface area contributed by atoms with Gasteiger partial charge < -0.3 is 5.32 Å². The highest BCUT2D eigenvalue weighted by atomic mass is 32.2. The van der Waals surface area contributed by atoms with Gasteiger partial charge in [0.15, 0.2) is 0 Å². The average molecular weight is 181 g/mol. The number of aromatic amines is 4. The Hall–Kier alpha value is -0.270. The van der Waals surface area contributed by atoms with Crippen molar-refractivity contribution in [1.29, 1.82) is 0 Å². The minimum Gasteiger partial charge on any atom is -0.307 e. The lowest BCUT2D eigenvalue weighted by Crippen LogP contribution is -2.04. The molecule has 1 aliphatic heterocycles. The Morgan fingerprint density at radius 1 is 1.10 bits per heavy atom. The maximum Gasteiger partial charge on any atom is 0.0527 e. The molecule has 0 unspecified atom stereocenters. The summed E-state index contributed by atoms with van der Waals surface area (Å²) in [6, 6.07) is 0. The van der Waals surface area contributed by atoms with E-state index < -0.39 is 0 Å². The first-order chi connectivity index (χ1) is 5.00. The Labute approximate surface area is 66.9 Å². The van der Waals surface area contributed by atoms with E-state index in [2.05, 4.69) is 24.7 Å². The number of hydrogen-bond acceptors (Lipinski definition) is 3. The predicted octanol–water partition coefficient (Wildman–Crippen LogP) is 0.465. The van der Waals surface area contributed by atoms with Crippen LogP contribution in [0, 0.1) is 0 Å². The minimum atomic E-state index is 1.17. The zero-order valence-electron chi connectivity index (χ0n) is 5.44. The summed E-state index contributed by atoms with van der Waals surface area (Å²) in [5.74, 6) is 2.47. The van der Waals surface area contributed by atoms with E-state index in [4.69, 9.17) is 0 Å². The molecule has 5 nitrogen and oxygen atoms in total. The summed E-state index contributed by atoms with van der Waals surface area (Å²) in [4.78, 5) is 0. The number of hydrogen-bond donors (Lipinski definition) is 5. The van der Waals surface area contributed by atoms with Gasteiger partial charge in [-0.25, -0.2) is 19.4 Å². The van der Waals surface area contributed by atoms with E-state index in [1.807, 2.05) is 11.8 Å². The lowest BCUT2D eigenvalue weighted by Gasteiger charge is -1.74. The highest BCUT2D eigenvalue weighted by Crippen LogP contribution is 1.99. The van der Waals surface area contributed by atoms with Crippen LogP contribution in [0.25, 0.3) is 0 Å². The monoisotopic (exact) mass is 181 g/mol. The van der Waals surface area contributed by atoms with Crippen molar-refractivity contribution < 1.29 is 0 Å². The first kappa shape index (κ1) is 7.83. The molecule has 0 saturated carbocycles. The van der Waals surface area contributed by atoms with Crippen LogP contribution in [0.2, 0.25) is 0 Å². The third-order valence-electron chi connectivity index (χ3n) is 0.894. The summed E-state index contributed by atoms with van der Waals surface area (Å²) in [5.41, 5.74) is 0. The number of thioether (sulfide) groups is 1. The smallest absolute Gasteiger partial charge is 0.0527 e. The topological polar surface area (TPSA) is 75.2 Å². The molecule has 1 aromatic heterocycles. The lowest BCUT2D eigenvalue weighted by atomic mass is 10.8. The van der Waals surface area contributed by atoms with Crippen molar-refractivity contribution in [1.82, 2.24) is 24.7 Å². The maximum absolute atomic E-state index is 3.19. The molecule has 0 aliphatic carbocycles. The quantitative estimate of drug-likeness (QED) is 0.403. The molecule has 2 heterocycles. The second kappa shape index (κ2) is 5.51. The normalized spacial score (nSPS) is 16.0. The number of rotatable bonds is 0. The van der Waals surface area contributed by atoms with Gasteiger partial charge in [0.05, 0.1) is 11.7 Å². The van der Waals surface area contributed by atoms with Gasteiger partial charge in [-0.1, -0.05) is 0 Å². The fourth-order valence-electron chi connectivity index (χ4n) is 0.488. The lowest BCUT2D eigenvalue weighted by molar-refractivity contribution is 0.881. The van der Waals surface area contributed by atoms with Gasteiger partial charge in [0.25, 0.3) is 0 Å². The van der Waals surface area contributed by atoms with Gasteiger partial charge in [-0.05, 0) is 0 Å². The molecule has 1 fully saturated rings. The van der Waals surface area contributed by atoms with Gasteiger partial charge in [-0.15, -0.1) is 11.8 Å². The Kier molecular flexibility index (Phi) is 4.32. The zero-order valence-corrected chi connectivity index (χ0v) is 7.07. The Balaban J connectivity index is 0.0000001000. The van der Waals surface area contributed by atoms with E-state index in [0.717, 1.165) is 0 Å². The molecule has 1 aromatic rings. The van der Waals surface area contributed by atoms with Crippen molar-refractivity contribution in [3.05, 3.63) is 0 Å². The highest BCUT2D eigenvalue weighted by Gasteiger charge is 1.93. The molecular formula is C3H11N5S2. The SMILES string of the molecule is C1CSCN1.[nH]1[nH][nH]s[nH]1. The van der Waals surface area contributed by atoms with E-state index in [9.17, 15) is 0 Å². The van der Waals surface area contributed by atoms with Crippen LogP contribution in [0.5, 0.6) is 0 Å². The van der Waals surface area contributed by atoms with Gasteiger partial charge in [0.2, 0.25) is 0 Å². The van der Waals surface area contributed by atoms with Gasteiger partial charge in [-0.2, -0.15) is 0 Å². The number of nitrogens with one attached hydrogen (secondary N) is 5. The number of aromatic nitrogens is 4. The standard InChI is InChI=1S/C3H7NS.H4N4S/c1-2-5-3-4-1;1-2-4-5-3-1/h4H,1-3H2;1-4H. The molecule has 0 radical (unpaired) electrons. The Morgan fingerprint density at radius 2 is 1.90 bits per heavy atom. The van der Waals surface area contributed by atoms with Crippen LogP contribution in [0.3, 0.4) is 0 Å². The van der Waals surface area contributed by atoms with Crippen molar-refractivity contribution >= 4 is 23.5 Å². The summed E-state index contributed by atoms with van der Waals surface area (Å²) in [7, 11) is 0. The summed E-state index contributed by atoms with van der Waals surface area (Å²) in [6.45, 7) is 1.21. The van der Waals surface area contributed by atoms with E-state index in [-0.39, 0.29) is 0 Å². The van der Waals surface area contributed by atoms with Crippen molar-refractivity contribution in [3.63, 3.8) is 0 Å². The fourth-order valence-corrected chi connectivity index (χ4v) is 1.47. The van der Waals surface area contributed by atoms with E-state index in [0.29, 0.717) is 0 Å². The van der Waals surface area contributed by atoms with Crippen molar-refractivity contribution in [3.8, 4) is 0 Å². The van der Waals surface area contributed by atoms with Crippen LogP contribution in [0.15, 0.2) is 0 Å². The van der Waals surface area contributed by atoms with E-state index in [1.54, 1.807) is 0 Å². The molecule has 60 valence electrons. The molecule has 1 aliphatic rings. The molecule has 0 aromatic carbocycles. The van der Waals surface area contributed by atoms with Gasteiger partial charge >= 0.3 is 0 Å². The Bertz CT molecular complexity index is 114. The Morgan fingerprint density at radius 3 is 2.10 bits per heavy atom. The largest absolute Gasteiger partial charge is 0.307 e. The van der Waals surface area contributed by atoms with Crippen LogP contribution in [0.1, 0.15) is 0 Å². The first-order valence-electron chi connectivity index (χ1n) is 2.94. The second-order valence-corrected chi connectivity index (χ2v) is 3.33. The third-order valence-corrected chi connectivity index (χ3v) is 2.20. The van der Waals surface area contributed by atoms with Crippen LogP contribution in [-0.2, 0) is 0 Å². The van der Waals surface area contributed by atoms with Crippen LogP contribution in [-0.4, -0.2) is 37.6 Å².